The number of hydrogen-bond acceptors (Lipinski definition) is 4. The van der Waals surface area contributed by atoms with Gasteiger partial charge in [0, 0.05) is 25.6 Å². The molecule has 3 heterocycles. The summed E-state index contributed by atoms with van der Waals surface area (Å²) >= 11 is 6.11. The van der Waals surface area contributed by atoms with E-state index < -0.39 is 11.8 Å². The summed E-state index contributed by atoms with van der Waals surface area (Å²) in [5.74, 6) is -1.77. The third-order valence-corrected chi connectivity index (χ3v) is 4.89. The van der Waals surface area contributed by atoms with Gasteiger partial charge in [0.1, 0.15) is 0 Å². The smallest absolute Gasteiger partial charge is 0.271 e. The number of carbonyl (C=O) groups excluding carboxylic acids is 1. The predicted molar refractivity (Wildman–Crippen MR) is 93.5 cm³/mol. The van der Waals surface area contributed by atoms with Crippen LogP contribution in [0.15, 0.2) is 41.0 Å². The number of rotatable bonds is 3. The van der Waals surface area contributed by atoms with Crippen molar-refractivity contribution in [2.24, 2.45) is 0 Å². The minimum atomic E-state index is -3.13. The zero-order valence-corrected chi connectivity index (χ0v) is 15.1. The maximum atomic E-state index is 13.7. The number of carbonyl (C=O) groups is 1. The summed E-state index contributed by atoms with van der Waals surface area (Å²) in [4.78, 5) is 14.4. The van der Waals surface area contributed by atoms with Crippen molar-refractivity contribution in [3.05, 3.63) is 58.6 Å². The number of nitrogens with zero attached hydrogens (tertiary/aromatic N) is 4. The highest BCUT2D eigenvalue weighted by atomic mass is 35.5. The molecule has 0 atom stereocenters. The Morgan fingerprint density at radius 1 is 1.22 bits per heavy atom. The third-order valence-electron chi connectivity index (χ3n) is 4.48. The van der Waals surface area contributed by atoms with Gasteiger partial charge in [-0.15, -0.1) is 10.2 Å². The molecule has 2 aromatic heterocycles. The van der Waals surface area contributed by atoms with Crippen LogP contribution in [0.3, 0.4) is 0 Å². The molecule has 27 heavy (non-hydrogen) atoms. The lowest BCUT2D eigenvalue weighted by atomic mass is 10.0. The van der Waals surface area contributed by atoms with Crippen molar-refractivity contribution >= 4 is 17.5 Å². The van der Waals surface area contributed by atoms with E-state index in [0.717, 1.165) is 6.92 Å². The predicted octanol–water partition coefficient (Wildman–Crippen LogP) is 3.96. The van der Waals surface area contributed by atoms with Crippen molar-refractivity contribution in [2.75, 3.05) is 6.54 Å². The van der Waals surface area contributed by atoms with Crippen molar-refractivity contribution in [1.29, 1.82) is 0 Å². The average molecular weight is 393 g/mol. The minimum absolute atomic E-state index is 0.0508. The molecular formula is C18H15ClF2N4O2. The van der Waals surface area contributed by atoms with Crippen LogP contribution in [0, 0.1) is 0 Å². The lowest BCUT2D eigenvalue weighted by molar-refractivity contribution is 0.0175. The Hall–Kier alpha value is -2.74. The lowest BCUT2D eigenvalue weighted by Gasteiger charge is -2.28. The maximum absolute atomic E-state index is 13.7. The molecule has 0 spiro atoms. The van der Waals surface area contributed by atoms with Gasteiger partial charge in [-0.05, 0) is 18.2 Å². The fraction of sp³-hybridized carbons (Fsp3) is 0.278. The number of hydrogen-bond donors (Lipinski definition) is 0. The van der Waals surface area contributed by atoms with Crippen molar-refractivity contribution in [1.82, 2.24) is 19.7 Å². The Kier molecular flexibility index (Phi) is 4.22. The van der Waals surface area contributed by atoms with E-state index in [2.05, 4.69) is 10.2 Å². The van der Waals surface area contributed by atoms with Crippen LogP contribution in [0.25, 0.3) is 11.6 Å². The fourth-order valence-corrected chi connectivity index (χ4v) is 3.50. The Balaban J connectivity index is 1.61. The first kappa shape index (κ1) is 17.7. The van der Waals surface area contributed by atoms with Crippen LogP contribution in [0.1, 0.15) is 28.7 Å². The fourth-order valence-electron chi connectivity index (χ4n) is 3.13. The van der Waals surface area contributed by atoms with Gasteiger partial charge in [-0.2, -0.15) is 0 Å². The molecule has 0 saturated carbocycles. The summed E-state index contributed by atoms with van der Waals surface area (Å²) in [5.41, 5.74) is -0.315. The van der Waals surface area contributed by atoms with Gasteiger partial charge in [0.05, 0.1) is 23.4 Å². The Morgan fingerprint density at radius 2 is 2.04 bits per heavy atom. The molecule has 0 radical (unpaired) electrons. The molecule has 0 aliphatic carbocycles. The Morgan fingerprint density at radius 3 is 2.74 bits per heavy atom. The van der Waals surface area contributed by atoms with E-state index in [1.54, 1.807) is 18.4 Å². The average Bonchev–Trinajstić information content (AvgIpc) is 3.29. The van der Waals surface area contributed by atoms with Gasteiger partial charge in [-0.3, -0.25) is 4.79 Å². The normalized spacial score (nSPS) is 14.3. The minimum Gasteiger partial charge on any atom is -0.461 e. The van der Waals surface area contributed by atoms with E-state index in [4.69, 9.17) is 16.0 Å². The third kappa shape index (κ3) is 3.10. The zero-order chi connectivity index (χ0) is 19.2. The Bertz CT molecular complexity index is 995. The second-order valence-corrected chi connectivity index (χ2v) is 6.73. The van der Waals surface area contributed by atoms with E-state index in [1.807, 2.05) is 4.57 Å². The number of benzene rings is 1. The second-order valence-electron chi connectivity index (χ2n) is 6.35. The summed E-state index contributed by atoms with van der Waals surface area (Å²) in [7, 11) is 0. The monoisotopic (exact) mass is 392 g/mol. The van der Waals surface area contributed by atoms with Gasteiger partial charge in [-0.25, -0.2) is 8.78 Å². The van der Waals surface area contributed by atoms with Crippen LogP contribution >= 0.6 is 11.6 Å². The first-order chi connectivity index (χ1) is 12.9. The highest BCUT2D eigenvalue weighted by molar-refractivity contribution is 6.34. The Labute approximate surface area is 158 Å². The van der Waals surface area contributed by atoms with Crippen molar-refractivity contribution < 1.29 is 18.0 Å². The molecule has 6 nitrogen and oxygen atoms in total. The summed E-state index contributed by atoms with van der Waals surface area (Å²) in [6, 6.07) is 7.63. The van der Waals surface area contributed by atoms with Gasteiger partial charge in [-0.1, -0.05) is 23.7 Å². The van der Waals surface area contributed by atoms with Crippen LogP contribution in [-0.4, -0.2) is 32.1 Å². The highest BCUT2D eigenvalue weighted by Gasteiger charge is 2.32. The van der Waals surface area contributed by atoms with Crippen LogP contribution < -0.4 is 0 Å². The van der Waals surface area contributed by atoms with E-state index in [9.17, 15) is 13.6 Å². The largest absolute Gasteiger partial charge is 0.461 e. The van der Waals surface area contributed by atoms with E-state index >= 15 is 0 Å². The van der Waals surface area contributed by atoms with Gasteiger partial charge in [0.2, 0.25) is 0 Å². The SMILES string of the molecule is CC(F)(F)c1cccc(C(=O)N2CCn3c(nnc3-c3ccco3)C2)c1Cl. The molecule has 140 valence electrons. The molecule has 3 aromatic rings. The topological polar surface area (TPSA) is 64.2 Å². The summed E-state index contributed by atoms with van der Waals surface area (Å²) in [5, 5.41) is 8.03. The molecule has 0 N–H and O–H groups in total. The molecule has 0 saturated heterocycles. The molecule has 9 heteroatoms. The molecule has 0 fully saturated rings. The number of amides is 1. The zero-order valence-electron chi connectivity index (χ0n) is 14.3. The molecule has 1 aliphatic rings. The number of alkyl halides is 2. The van der Waals surface area contributed by atoms with Crippen molar-refractivity contribution in [3.63, 3.8) is 0 Å². The van der Waals surface area contributed by atoms with E-state index in [0.29, 0.717) is 30.5 Å². The number of fused-ring (bicyclic) bond motifs is 1. The summed E-state index contributed by atoms with van der Waals surface area (Å²) in [6.45, 7) is 1.80. The molecule has 0 bridgehead atoms. The lowest BCUT2D eigenvalue weighted by Crippen LogP contribution is -2.38. The summed E-state index contributed by atoms with van der Waals surface area (Å²) in [6.07, 6.45) is 1.55. The molecular weight excluding hydrogens is 378 g/mol. The molecule has 1 aliphatic heterocycles. The number of aromatic nitrogens is 3. The molecule has 0 unspecified atom stereocenters. The van der Waals surface area contributed by atoms with Crippen LogP contribution in [0.4, 0.5) is 8.78 Å². The van der Waals surface area contributed by atoms with Crippen molar-refractivity contribution in [2.45, 2.75) is 25.9 Å². The van der Waals surface area contributed by atoms with Gasteiger partial charge in [0.15, 0.2) is 17.4 Å². The van der Waals surface area contributed by atoms with Gasteiger partial charge in [0.25, 0.3) is 11.8 Å². The quantitative estimate of drug-likeness (QED) is 0.676. The van der Waals surface area contributed by atoms with Gasteiger partial charge >= 0.3 is 0 Å². The summed E-state index contributed by atoms with van der Waals surface area (Å²) < 4.78 is 34.6. The first-order valence-electron chi connectivity index (χ1n) is 8.28. The number of furan rings is 1. The molecule has 1 aromatic carbocycles. The standard InChI is InChI=1S/C18H15ClF2N4O2/c1-18(20,21)12-5-2-4-11(15(12)19)17(26)24-7-8-25-14(10-24)22-23-16(25)13-6-3-9-27-13/h2-6,9H,7-8,10H2,1H3. The maximum Gasteiger partial charge on any atom is 0.271 e. The number of halogens is 3. The van der Waals surface area contributed by atoms with Gasteiger partial charge < -0.3 is 13.9 Å². The van der Waals surface area contributed by atoms with Crippen LogP contribution in [0.2, 0.25) is 5.02 Å². The molecule has 1 amide bonds. The van der Waals surface area contributed by atoms with E-state index in [1.165, 1.54) is 23.1 Å². The first-order valence-corrected chi connectivity index (χ1v) is 8.66. The highest BCUT2D eigenvalue weighted by Crippen LogP contribution is 2.35. The van der Waals surface area contributed by atoms with Crippen molar-refractivity contribution in [3.8, 4) is 11.6 Å². The van der Waals surface area contributed by atoms with Crippen LogP contribution in [-0.2, 0) is 19.0 Å². The second kappa shape index (κ2) is 6.45. The molecule has 4 rings (SSSR count). The van der Waals surface area contributed by atoms with E-state index in [-0.39, 0.29) is 22.7 Å². The van der Waals surface area contributed by atoms with Crippen LogP contribution in [0.5, 0.6) is 0 Å².